The topological polar surface area (TPSA) is 69.0 Å². The Morgan fingerprint density at radius 1 is 1.40 bits per heavy atom. The van der Waals surface area contributed by atoms with Crippen molar-refractivity contribution in [2.45, 2.75) is 26.5 Å². The highest BCUT2D eigenvalue weighted by Crippen LogP contribution is 2.25. The first-order valence-electron chi connectivity index (χ1n) is 7.69. The molecule has 0 spiro atoms. The quantitative estimate of drug-likeness (QED) is 0.716. The van der Waals surface area contributed by atoms with Crippen molar-refractivity contribution >= 4 is 28.8 Å². The second kappa shape index (κ2) is 7.67. The van der Waals surface area contributed by atoms with Gasteiger partial charge in [0.05, 0.1) is 29.1 Å². The van der Waals surface area contributed by atoms with Crippen LogP contribution in [0.1, 0.15) is 17.6 Å². The van der Waals surface area contributed by atoms with Crippen LogP contribution >= 0.6 is 22.9 Å². The van der Waals surface area contributed by atoms with Crippen molar-refractivity contribution in [1.29, 1.82) is 0 Å². The molecule has 25 heavy (non-hydrogen) atoms. The monoisotopic (exact) mass is 376 g/mol. The number of amides is 1. The number of halogens is 1. The van der Waals surface area contributed by atoms with Gasteiger partial charge in [-0.25, -0.2) is 9.67 Å². The fourth-order valence-corrected chi connectivity index (χ4v) is 2.95. The molecule has 8 heteroatoms. The van der Waals surface area contributed by atoms with Crippen LogP contribution in [0.25, 0.3) is 5.69 Å². The van der Waals surface area contributed by atoms with E-state index in [1.54, 1.807) is 29.1 Å². The van der Waals surface area contributed by atoms with Crippen molar-refractivity contribution in [1.82, 2.24) is 20.1 Å². The number of nitrogens with one attached hydrogen (secondary N) is 1. The third-order valence-corrected chi connectivity index (χ3v) is 4.51. The van der Waals surface area contributed by atoms with Crippen LogP contribution in [0.5, 0.6) is 5.88 Å². The molecule has 0 aliphatic carbocycles. The summed E-state index contributed by atoms with van der Waals surface area (Å²) in [6.45, 7) is 3.94. The van der Waals surface area contributed by atoms with Crippen molar-refractivity contribution in [3.63, 3.8) is 0 Å². The van der Waals surface area contributed by atoms with E-state index in [0.29, 0.717) is 11.6 Å². The van der Waals surface area contributed by atoms with Gasteiger partial charge in [-0.15, -0.1) is 16.4 Å². The summed E-state index contributed by atoms with van der Waals surface area (Å²) in [5.41, 5.74) is 1.68. The molecule has 0 aliphatic heterocycles. The lowest BCUT2D eigenvalue weighted by atomic mass is 10.3. The molecular weight excluding hydrogens is 360 g/mol. The molecule has 0 radical (unpaired) electrons. The molecule has 0 saturated carbocycles. The molecule has 0 bridgehead atoms. The zero-order chi connectivity index (χ0) is 17.8. The average Bonchev–Trinajstić information content (AvgIpc) is 3.19. The standard InChI is InChI=1S/C17H17ClN4O2S/c1-11(16(23)19-8-13-10-25-12(2)20-13)24-17-15(18)9-22(21-17)14-6-4-3-5-7-14/h3-7,9-11H,8H2,1-2H3,(H,19,23)/t11-/m1/s1. The highest BCUT2D eigenvalue weighted by Gasteiger charge is 2.19. The molecule has 2 heterocycles. The number of hydrogen-bond donors (Lipinski definition) is 1. The summed E-state index contributed by atoms with van der Waals surface area (Å²) in [6.07, 6.45) is 0.922. The molecule has 1 N–H and O–H groups in total. The van der Waals surface area contributed by atoms with Crippen molar-refractivity contribution in [3.8, 4) is 11.6 Å². The van der Waals surface area contributed by atoms with Gasteiger partial charge in [0.2, 0.25) is 0 Å². The van der Waals surface area contributed by atoms with E-state index in [0.717, 1.165) is 16.4 Å². The van der Waals surface area contributed by atoms with Gasteiger partial charge in [0.15, 0.2) is 6.10 Å². The summed E-state index contributed by atoms with van der Waals surface area (Å²) in [5, 5.41) is 10.3. The van der Waals surface area contributed by atoms with Crippen LogP contribution in [0, 0.1) is 6.92 Å². The summed E-state index contributed by atoms with van der Waals surface area (Å²) < 4.78 is 7.22. The molecule has 1 amide bonds. The first kappa shape index (κ1) is 17.4. The highest BCUT2D eigenvalue weighted by molar-refractivity contribution is 7.09. The minimum Gasteiger partial charge on any atom is -0.462 e. The minimum atomic E-state index is -0.726. The molecule has 6 nitrogen and oxygen atoms in total. The first-order chi connectivity index (χ1) is 12.0. The lowest BCUT2D eigenvalue weighted by Gasteiger charge is -2.12. The third kappa shape index (κ3) is 4.37. The molecule has 1 aromatic carbocycles. The molecular formula is C17H17ClN4O2S. The zero-order valence-electron chi connectivity index (χ0n) is 13.8. The maximum atomic E-state index is 12.2. The van der Waals surface area contributed by atoms with Gasteiger partial charge < -0.3 is 10.1 Å². The molecule has 0 fully saturated rings. The predicted molar refractivity (Wildman–Crippen MR) is 97.4 cm³/mol. The van der Waals surface area contributed by atoms with E-state index < -0.39 is 6.10 Å². The average molecular weight is 377 g/mol. The summed E-state index contributed by atoms with van der Waals surface area (Å²) in [4.78, 5) is 16.5. The van der Waals surface area contributed by atoms with Crippen LogP contribution in [-0.4, -0.2) is 26.8 Å². The second-order valence-electron chi connectivity index (χ2n) is 5.40. The predicted octanol–water partition coefficient (Wildman–Crippen LogP) is 3.37. The number of aryl methyl sites for hydroxylation is 1. The molecule has 0 aliphatic rings. The van der Waals surface area contributed by atoms with Crippen LogP contribution in [0.2, 0.25) is 5.02 Å². The number of carbonyl (C=O) groups is 1. The number of para-hydroxylation sites is 1. The zero-order valence-corrected chi connectivity index (χ0v) is 15.3. The largest absolute Gasteiger partial charge is 0.462 e. The Kier molecular flexibility index (Phi) is 5.35. The van der Waals surface area contributed by atoms with Crippen LogP contribution in [0.4, 0.5) is 0 Å². The van der Waals surface area contributed by atoms with Gasteiger partial charge in [0.1, 0.15) is 5.02 Å². The smallest absolute Gasteiger partial charge is 0.261 e. The number of aromatic nitrogens is 3. The third-order valence-electron chi connectivity index (χ3n) is 3.43. The SMILES string of the molecule is Cc1nc(CNC(=O)[C@@H](C)Oc2nn(-c3ccccc3)cc2Cl)cs1. The normalized spacial score (nSPS) is 12.0. The van der Waals surface area contributed by atoms with E-state index in [4.69, 9.17) is 16.3 Å². The van der Waals surface area contributed by atoms with Crippen LogP contribution in [0.15, 0.2) is 41.9 Å². The van der Waals surface area contributed by atoms with Gasteiger partial charge in [-0.2, -0.15) is 0 Å². The van der Waals surface area contributed by atoms with Crippen molar-refractivity contribution in [2.24, 2.45) is 0 Å². The number of rotatable bonds is 6. The molecule has 3 rings (SSSR count). The number of hydrogen-bond acceptors (Lipinski definition) is 5. The van der Waals surface area contributed by atoms with E-state index in [1.807, 2.05) is 42.6 Å². The van der Waals surface area contributed by atoms with E-state index in [-0.39, 0.29) is 11.8 Å². The Hall–Kier alpha value is -2.38. The van der Waals surface area contributed by atoms with Crippen LogP contribution < -0.4 is 10.1 Å². The lowest BCUT2D eigenvalue weighted by Crippen LogP contribution is -2.36. The minimum absolute atomic E-state index is 0.220. The molecule has 0 saturated heterocycles. The summed E-state index contributed by atoms with van der Waals surface area (Å²) in [7, 11) is 0. The van der Waals surface area contributed by atoms with Gasteiger partial charge in [0.25, 0.3) is 11.8 Å². The van der Waals surface area contributed by atoms with Gasteiger partial charge in [0, 0.05) is 5.38 Å². The van der Waals surface area contributed by atoms with Crippen molar-refractivity contribution < 1.29 is 9.53 Å². The van der Waals surface area contributed by atoms with Crippen LogP contribution in [-0.2, 0) is 11.3 Å². The maximum absolute atomic E-state index is 12.2. The number of thiazole rings is 1. The summed E-state index contributed by atoms with van der Waals surface area (Å²) in [5.74, 6) is -0.0337. The van der Waals surface area contributed by atoms with E-state index in [1.165, 1.54) is 0 Å². The first-order valence-corrected chi connectivity index (χ1v) is 8.94. The number of benzene rings is 1. The Morgan fingerprint density at radius 2 is 2.16 bits per heavy atom. The summed E-state index contributed by atoms with van der Waals surface area (Å²) >= 11 is 7.72. The number of carbonyl (C=O) groups excluding carboxylic acids is 1. The van der Waals surface area contributed by atoms with Gasteiger partial charge in [-0.1, -0.05) is 29.8 Å². The van der Waals surface area contributed by atoms with Gasteiger partial charge >= 0.3 is 0 Å². The van der Waals surface area contributed by atoms with Gasteiger partial charge in [-0.05, 0) is 26.0 Å². The van der Waals surface area contributed by atoms with Gasteiger partial charge in [-0.3, -0.25) is 4.79 Å². The van der Waals surface area contributed by atoms with Crippen molar-refractivity contribution in [3.05, 3.63) is 57.6 Å². The Labute approximate surface area is 154 Å². The van der Waals surface area contributed by atoms with E-state index in [9.17, 15) is 4.79 Å². The fourth-order valence-electron chi connectivity index (χ4n) is 2.16. The lowest BCUT2D eigenvalue weighted by molar-refractivity contribution is -0.127. The van der Waals surface area contributed by atoms with E-state index in [2.05, 4.69) is 15.4 Å². The molecule has 0 unspecified atom stereocenters. The molecule has 130 valence electrons. The Morgan fingerprint density at radius 3 is 2.84 bits per heavy atom. The van der Waals surface area contributed by atoms with Crippen molar-refractivity contribution in [2.75, 3.05) is 0 Å². The number of nitrogens with zero attached hydrogens (tertiary/aromatic N) is 3. The maximum Gasteiger partial charge on any atom is 0.261 e. The van der Waals surface area contributed by atoms with E-state index >= 15 is 0 Å². The summed E-state index contributed by atoms with van der Waals surface area (Å²) in [6, 6.07) is 9.53. The fraction of sp³-hybridized carbons (Fsp3) is 0.235. The highest BCUT2D eigenvalue weighted by atomic mass is 35.5. The van der Waals surface area contributed by atoms with Crippen LogP contribution in [0.3, 0.4) is 0 Å². The number of ether oxygens (including phenoxy) is 1. The molecule has 1 atom stereocenters. The Bertz CT molecular complexity index is 863. The molecule has 3 aromatic rings. The second-order valence-corrected chi connectivity index (χ2v) is 6.87. The Balaban J connectivity index is 1.61. The molecule has 2 aromatic heterocycles.